The number of piperazine rings is 1. The third-order valence-electron chi connectivity index (χ3n) is 5.71. The Labute approximate surface area is 189 Å². The summed E-state index contributed by atoms with van der Waals surface area (Å²) in [6.45, 7) is 5.92. The summed E-state index contributed by atoms with van der Waals surface area (Å²) >= 11 is 1.26. The van der Waals surface area contributed by atoms with Gasteiger partial charge in [0.25, 0.3) is 11.5 Å². The summed E-state index contributed by atoms with van der Waals surface area (Å²) in [6.07, 6.45) is 1.65. The molecule has 0 saturated carbocycles. The first kappa shape index (κ1) is 20.5. The quantitative estimate of drug-likeness (QED) is 0.521. The van der Waals surface area contributed by atoms with Crippen molar-refractivity contribution in [2.45, 2.75) is 13.5 Å². The van der Waals surface area contributed by atoms with Gasteiger partial charge in [-0.15, -0.1) is 11.3 Å². The van der Waals surface area contributed by atoms with Crippen LogP contribution in [0.4, 0.5) is 0 Å². The van der Waals surface area contributed by atoms with Crippen LogP contribution in [0.5, 0.6) is 0 Å². The Bertz CT molecular complexity index is 1320. The Morgan fingerprint density at radius 2 is 1.97 bits per heavy atom. The number of fused-ring (bicyclic) bond motifs is 1. The molecule has 3 aromatic heterocycles. The highest BCUT2D eigenvalue weighted by molar-refractivity contribution is 7.17. The minimum atomic E-state index is -0.248. The highest BCUT2D eigenvalue weighted by Crippen LogP contribution is 2.25. The molecule has 8 heteroatoms. The fourth-order valence-corrected chi connectivity index (χ4v) is 4.93. The molecule has 1 amide bonds. The lowest BCUT2D eigenvalue weighted by atomic mass is 10.1. The van der Waals surface area contributed by atoms with Crippen LogP contribution in [0.15, 0.2) is 58.8 Å². The summed E-state index contributed by atoms with van der Waals surface area (Å²) in [5.41, 5.74) is 3.81. The minimum absolute atomic E-state index is 0.0727. The number of nitrogens with one attached hydrogen (secondary N) is 1. The molecule has 32 heavy (non-hydrogen) atoms. The topological polar surface area (TPSA) is 82.2 Å². The second kappa shape index (κ2) is 8.64. The standard InChI is InChI=1S/C24H23N5O2S/c1-16-5-4-6-17(13-16)14-28-9-11-29(12-10-28)24(31)18-15-32-21-20(18)26-22(27-23(21)30)19-7-2-3-8-25-19/h2-8,13,15H,9-12,14H2,1H3,(H,26,27,30). The summed E-state index contributed by atoms with van der Waals surface area (Å²) in [7, 11) is 0. The summed E-state index contributed by atoms with van der Waals surface area (Å²) < 4.78 is 0.464. The average Bonchev–Trinajstić information content (AvgIpc) is 3.24. The number of H-pyrrole nitrogens is 1. The number of pyridine rings is 1. The molecule has 1 aliphatic rings. The van der Waals surface area contributed by atoms with E-state index in [1.165, 1.54) is 22.5 Å². The van der Waals surface area contributed by atoms with Gasteiger partial charge in [0.15, 0.2) is 5.82 Å². The number of hydrogen-bond donors (Lipinski definition) is 1. The molecule has 4 aromatic rings. The highest BCUT2D eigenvalue weighted by Gasteiger charge is 2.25. The van der Waals surface area contributed by atoms with Gasteiger partial charge in [-0.05, 0) is 24.6 Å². The molecule has 1 aromatic carbocycles. The van der Waals surface area contributed by atoms with E-state index in [-0.39, 0.29) is 11.5 Å². The lowest BCUT2D eigenvalue weighted by Gasteiger charge is -2.34. The Kier molecular flexibility index (Phi) is 5.55. The second-order valence-electron chi connectivity index (χ2n) is 8.01. The van der Waals surface area contributed by atoms with Gasteiger partial charge in [-0.2, -0.15) is 0 Å². The van der Waals surface area contributed by atoms with Crippen LogP contribution in [0.3, 0.4) is 0 Å². The van der Waals surface area contributed by atoms with E-state index in [0.29, 0.717) is 40.4 Å². The number of aromatic amines is 1. The van der Waals surface area contributed by atoms with Crippen molar-refractivity contribution >= 4 is 27.5 Å². The number of carbonyl (C=O) groups is 1. The summed E-state index contributed by atoms with van der Waals surface area (Å²) in [5.74, 6) is 0.301. The lowest BCUT2D eigenvalue weighted by molar-refractivity contribution is 0.0630. The van der Waals surface area contributed by atoms with Gasteiger partial charge in [-0.3, -0.25) is 19.5 Å². The number of amides is 1. The van der Waals surface area contributed by atoms with E-state index in [0.717, 1.165) is 19.6 Å². The predicted octanol–water partition coefficient (Wildman–Crippen LogP) is 3.31. The van der Waals surface area contributed by atoms with Crippen molar-refractivity contribution in [2.24, 2.45) is 0 Å². The number of nitrogens with zero attached hydrogens (tertiary/aromatic N) is 4. The zero-order chi connectivity index (χ0) is 22.1. The van der Waals surface area contributed by atoms with Crippen LogP contribution in [-0.4, -0.2) is 56.8 Å². The fourth-order valence-electron chi connectivity index (χ4n) is 4.05. The van der Waals surface area contributed by atoms with E-state index < -0.39 is 0 Å². The molecule has 1 saturated heterocycles. The summed E-state index contributed by atoms with van der Waals surface area (Å²) in [4.78, 5) is 41.7. The number of benzene rings is 1. The molecule has 0 unspecified atom stereocenters. The van der Waals surface area contributed by atoms with Crippen LogP contribution in [0, 0.1) is 6.92 Å². The Morgan fingerprint density at radius 3 is 2.72 bits per heavy atom. The van der Waals surface area contributed by atoms with E-state index in [1.807, 2.05) is 11.0 Å². The number of carbonyl (C=O) groups excluding carboxylic acids is 1. The van der Waals surface area contributed by atoms with Gasteiger partial charge in [0, 0.05) is 44.3 Å². The third kappa shape index (κ3) is 4.06. The van der Waals surface area contributed by atoms with Crippen molar-refractivity contribution in [1.82, 2.24) is 24.8 Å². The number of thiophene rings is 1. The maximum atomic E-state index is 13.3. The average molecular weight is 446 g/mol. The van der Waals surface area contributed by atoms with E-state index in [1.54, 1.807) is 23.7 Å². The van der Waals surface area contributed by atoms with E-state index in [2.05, 4.69) is 51.0 Å². The van der Waals surface area contributed by atoms with Gasteiger partial charge in [0.05, 0.1) is 5.56 Å². The van der Waals surface area contributed by atoms with Crippen molar-refractivity contribution in [3.8, 4) is 11.5 Å². The summed E-state index contributed by atoms with van der Waals surface area (Å²) in [6, 6.07) is 14.0. The third-order valence-corrected chi connectivity index (χ3v) is 6.68. The first-order valence-electron chi connectivity index (χ1n) is 10.6. The van der Waals surface area contributed by atoms with Crippen molar-refractivity contribution in [2.75, 3.05) is 26.2 Å². The molecule has 7 nitrogen and oxygen atoms in total. The van der Waals surface area contributed by atoms with Crippen LogP contribution in [0.1, 0.15) is 21.5 Å². The molecule has 1 N–H and O–H groups in total. The summed E-state index contributed by atoms with van der Waals surface area (Å²) in [5, 5.41) is 1.75. The Hall–Kier alpha value is -3.36. The van der Waals surface area contributed by atoms with E-state index >= 15 is 0 Å². The fraction of sp³-hybridized carbons (Fsp3) is 0.250. The molecule has 1 fully saturated rings. The minimum Gasteiger partial charge on any atom is -0.336 e. The Balaban J connectivity index is 1.34. The van der Waals surface area contributed by atoms with Crippen LogP contribution < -0.4 is 5.56 Å². The second-order valence-corrected chi connectivity index (χ2v) is 8.89. The molecule has 162 valence electrons. The van der Waals surface area contributed by atoms with Crippen LogP contribution >= 0.6 is 11.3 Å². The smallest absolute Gasteiger partial charge is 0.269 e. The van der Waals surface area contributed by atoms with Crippen LogP contribution in [0.2, 0.25) is 0 Å². The number of aryl methyl sites for hydroxylation is 1. The predicted molar refractivity (Wildman–Crippen MR) is 126 cm³/mol. The number of aromatic nitrogens is 3. The van der Waals surface area contributed by atoms with Gasteiger partial charge < -0.3 is 9.88 Å². The van der Waals surface area contributed by atoms with E-state index in [4.69, 9.17) is 0 Å². The van der Waals surface area contributed by atoms with E-state index in [9.17, 15) is 9.59 Å². The van der Waals surface area contributed by atoms with Gasteiger partial charge in [0.1, 0.15) is 15.9 Å². The molecular formula is C24H23N5O2S. The normalized spacial score (nSPS) is 14.7. The van der Waals surface area contributed by atoms with Crippen molar-refractivity contribution in [3.63, 3.8) is 0 Å². The molecule has 0 atom stereocenters. The molecule has 0 spiro atoms. The first-order valence-corrected chi connectivity index (χ1v) is 11.5. The molecule has 0 bridgehead atoms. The lowest BCUT2D eigenvalue weighted by Crippen LogP contribution is -2.48. The van der Waals surface area contributed by atoms with Crippen molar-refractivity contribution in [1.29, 1.82) is 0 Å². The van der Waals surface area contributed by atoms with Crippen molar-refractivity contribution < 1.29 is 4.79 Å². The highest BCUT2D eigenvalue weighted by atomic mass is 32.1. The van der Waals surface area contributed by atoms with Gasteiger partial charge in [-0.1, -0.05) is 35.9 Å². The zero-order valence-electron chi connectivity index (χ0n) is 17.7. The Morgan fingerprint density at radius 1 is 1.12 bits per heavy atom. The van der Waals surface area contributed by atoms with Crippen LogP contribution in [-0.2, 0) is 6.54 Å². The molecular weight excluding hydrogens is 422 g/mol. The first-order chi connectivity index (χ1) is 15.6. The van der Waals surface area contributed by atoms with Crippen LogP contribution in [0.25, 0.3) is 21.7 Å². The van der Waals surface area contributed by atoms with Gasteiger partial charge >= 0.3 is 0 Å². The number of hydrogen-bond acceptors (Lipinski definition) is 6. The van der Waals surface area contributed by atoms with Crippen molar-refractivity contribution in [3.05, 3.63) is 81.1 Å². The largest absolute Gasteiger partial charge is 0.336 e. The SMILES string of the molecule is Cc1cccc(CN2CCN(C(=O)c3csc4c(=O)[nH]c(-c5ccccn5)nc34)CC2)c1. The maximum Gasteiger partial charge on any atom is 0.269 e. The molecule has 4 heterocycles. The molecule has 0 aliphatic carbocycles. The van der Waals surface area contributed by atoms with Gasteiger partial charge in [-0.25, -0.2) is 4.98 Å². The maximum absolute atomic E-state index is 13.3. The zero-order valence-corrected chi connectivity index (χ0v) is 18.6. The van der Waals surface area contributed by atoms with Gasteiger partial charge in [0.2, 0.25) is 0 Å². The molecule has 0 radical (unpaired) electrons. The number of rotatable bonds is 4. The molecule has 1 aliphatic heterocycles. The molecule has 5 rings (SSSR count). The monoisotopic (exact) mass is 445 g/mol.